The van der Waals surface area contributed by atoms with Crippen molar-refractivity contribution in [1.82, 2.24) is 0 Å². The molecule has 0 aromatic heterocycles. The van der Waals surface area contributed by atoms with Gasteiger partial charge in [-0.2, -0.15) is 0 Å². The third-order valence-electron chi connectivity index (χ3n) is 2.47. The van der Waals surface area contributed by atoms with Crippen LogP contribution in [-0.4, -0.2) is 13.7 Å². The molecule has 0 radical (unpaired) electrons. The minimum Gasteiger partial charge on any atom is -0.389 e. The van der Waals surface area contributed by atoms with E-state index in [9.17, 15) is 0 Å². The van der Waals surface area contributed by atoms with E-state index in [1.54, 1.807) is 7.11 Å². The Morgan fingerprint density at radius 2 is 1.81 bits per heavy atom. The van der Waals surface area contributed by atoms with Crippen LogP contribution in [0.2, 0.25) is 0 Å². The van der Waals surface area contributed by atoms with Gasteiger partial charge in [-0.05, 0) is 0 Å². The van der Waals surface area contributed by atoms with Gasteiger partial charge < -0.3 is 4.74 Å². The van der Waals surface area contributed by atoms with Gasteiger partial charge in [0, 0.05) is 13.7 Å². The number of hydrogen-bond acceptors (Lipinski definition) is 1. The highest BCUT2D eigenvalue weighted by Crippen LogP contribution is 2.20. The first-order valence-electron chi connectivity index (χ1n) is 5.37. The van der Waals surface area contributed by atoms with Gasteiger partial charge in [-0.3, -0.25) is 0 Å². The molecule has 16 heavy (non-hydrogen) atoms. The van der Waals surface area contributed by atoms with Gasteiger partial charge in [-0.15, -0.1) is 41.8 Å². The molecule has 0 saturated heterocycles. The summed E-state index contributed by atoms with van der Waals surface area (Å²) in [5, 5.41) is 0. The summed E-state index contributed by atoms with van der Waals surface area (Å²) in [5.74, 6) is 1.20. The maximum absolute atomic E-state index is 5.24. The normalized spacial score (nSPS) is 13.2. The first-order valence-corrected chi connectivity index (χ1v) is 5.37. The zero-order valence-electron chi connectivity index (χ0n) is 9.39. The van der Waals surface area contributed by atoms with Gasteiger partial charge in [0.05, 0.1) is 0 Å². The van der Waals surface area contributed by atoms with E-state index in [-0.39, 0.29) is 0 Å². The lowest BCUT2D eigenvalue weighted by Gasteiger charge is -2.20. The van der Waals surface area contributed by atoms with Crippen LogP contribution < -0.4 is 0 Å². The number of methoxy groups -OCH3 is 1. The summed E-state index contributed by atoms with van der Waals surface area (Å²) in [5.41, 5.74) is 2.43. The molecular weight excluding hydrogens is 196 g/mol. The molecule has 0 N–H and O–H groups in total. The van der Waals surface area contributed by atoms with E-state index in [1.165, 1.54) is 17.1 Å². The maximum atomic E-state index is 5.24. The lowest BCUT2D eigenvalue weighted by Crippen LogP contribution is -2.04. The van der Waals surface area contributed by atoms with Crippen LogP contribution in [0, 0.1) is 5.92 Å². The summed E-state index contributed by atoms with van der Waals surface area (Å²) < 4.78 is 5.24. The van der Waals surface area contributed by atoms with Gasteiger partial charge in [0.2, 0.25) is 0 Å². The predicted molar refractivity (Wildman–Crippen MR) is 67.0 cm³/mol. The van der Waals surface area contributed by atoms with Crippen molar-refractivity contribution in [2.45, 2.75) is 0 Å². The monoisotopic (exact) mass is 211 g/mol. The molecular formula is C15H15O-. The number of ether oxygens (including phenoxy) is 1. The summed E-state index contributed by atoms with van der Waals surface area (Å²) in [6, 6.07) is 10.3. The lowest BCUT2D eigenvalue weighted by molar-refractivity contribution is 0.217. The van der Waals surface area contributed by atoms with E-state index >= 15 is 0 Å². The minimum absolute atomic E-state index is 0.634. The second-order valence-electron chi connectivity index (χ2n) is 3.69. The van der Waals surface area contributed by atoms with E-state index in [4.69, 9.17) is 4.74 Å². The van der Waals surface area contributed by atoms with Crippen molar-refractivity contribution in [3.63, 3.8) is 0 Å². The van der Waals surface area contributed by atoms with E-state index < -0.39 is 0 Å². The zero-order chi connectivity index (χ0) is 11.2. The molecule has 0 spiro atoms. The molecule has 0 amide bonds. The topological polar surface area (TPSA) is 9.23 Å². The summed E-state index contributed by atoms with van der Waals surface area (Å²) in [7, 11) is 1.72. The summed E-state index contributed by atoms with van der Waals surface area (Å²) in [6.07, 6.45) is 10.4. The highest BCUT2D eigenvalue weighted by molar-refractivity contribution is 5.47. The molecule has 0 fully saturated rings. The highest BCUT2D eigenvalue weighted by Gasteiger charge is 2.00. The average Bonchev–Trinajstić information content (AvgIpc) is 2.83. The molecule has 0 unspecified atom stereocenters. The van der Waals surface area contributed by atoms with Gasteiger partial charge in [-0.25, -0.2) is 0 Å². The number of hydrogen-bond donors (Lipinski definition) is 0. The van der Waals surface area contributed by atoms with Crippen molar-refractivity contribution in [3.8, 4) is 0 Å². The Kier molecular flexibility index (Phi) is 3.62. The Bertz CT molecular complexity index is 398. The molecule has 0 bridgehead atoms. The Morgan fingerprint density at radius 3 is 2.44 bits per heavy atom. The van der Waals surface area contributed by atoms with Crippen LogP contribution in [0.4, 0.5) is 0 Å². The molecule has 0 aliphatic heterocycles. The second kappa shape index (κ2) is 5.38. The Morgan fingerprint density at radius 1 is 1.12 bits per heavy atom. The molecule has 1 aliphatic rings. The van der Waals surface area contributed by atoms with Crippen LogP contribution in [-0.2, 0) is 4.74 Å². The number of rotatable bonds is 4. The van der Waals surface area contributed by atoms with Crippen LogP contribution in [0.3, 0.4) is 0 Å². The molecule has 1 aromatic carbocycles. The zero-order valence-corrected chi connectivity index (χ0v) is 9.39. The van der Waals surface area contributed by atoms with Crippen molar-refractivity contribution in [1.29, 1.82) is 0 Å². The molecule has 82 valence electrons. The molecule has 0 atom stereocenters. The largest absolute Gasteiger partial charge is 0.389 e. The summed E-state index contributed by atoms with van der Waals surface area (Å²) in [6.45, 7) is 0.634. The van der Waals surface area contributed by atoms with Gasteiger partial charge in [0.15, 0.2) is 0 Å². The summed E-state index contributed by atoms with van der Waals surface area (Å²) >= 11 is 0. The van der Waals surface area contributed by atoms with E-state index in [1.807, 2.05) is 30.4 Å². The first kappa shape index (κ1) is 10.8. The molecule has 1 heteroatoms. The number of benzene rings is 1. The Balaban J connectivity index is 2.21. The Hall–Kier alpha value is -1.73. The third kappa shape index (κ3) is 2.65. The van der Waals surface area contributed by atoms with Crippen molar-refractivity contribution >= 4 is 0 Å². The van der Waals surface area contributed by atoms with Crippen LogP contribution in [0.1, 0.15) is 5.56 Å². The van der Waals surface area contributed by atoms with Gasteiger partial charge >= 0.3 is 0 Å². The quantitative estimate of drug-likeness (QED) is 0.694. The fourth-order valence-electron chi connectivity index (χ4n) is 1.70. The highest BCUT2D eigenvalue weighted by atomic mass is 16.5. The molecule has 0 saturated carbocycles. The van der Waals surface area contributed by atoms with E-state index in [0.29, 0.717) is 6.61 Å². The van der Waals surface area contributed by atoms with E-state index in [2.05, 4.69) is 30.4 Å². The predicted octanol–water partition coefficient (Wildman–Crippen LogP) is 3.31. The van der Waals surface area contributed by atoms with Gasteiger partial charge in [-0.1, -0.05) is 35.9 Å². The molecule has 1 aliphatic carbocycles. The molecule has 0 heterocycles. The first-order chi connectivity index (χ1) is 7.90. The van der Waals surface area contributed by atoms with Crippen molar-refractivity contribution < 1.29 is 4.74 Å². The molecule has 1 nitrogen and oxygen atoms in total. The average molecular weight is 211 g/mol. The van der Waals surface area contributed by atoms with Crippen molar-refractivity contribution in [2.24, 2.45) is 0 Å². The maximum Gasteiger partial charge on any atom is 0.0379 e. The van der Waals surface area contributed by atoms with Crippen molar-refractivity contribution in [3.05, 3.63) is 77.8 Å². The smallest absolute Gasteiger partial charge is 0.0379 e. The number of allylic oxidation sites excluding steroid dienone is 5. The third-order valence-corrected chi connectivity index (χ3v) is 2.47. The second-order valence-corrected chi connectivity index (χ2v) is 3.69. The Labute approximate surface area is 96.8 Å². The summed E-state index contributed by atoms with van der Waals surface area (Å²) in [4.78, 5) is 0. The van der Waals surface area contributed by atoms with Crippen molar-refractivity contribution in [2.75, 3.05) is 13.7 Å². The van der Waals surface area contributed by atoms with Crippen LogP contribution in [0.25, 0.3) is 0 Å². The van der Waals surface area contributed by atoms with Crippen LogP contribution >= 0.6 is 0 Å². The van der Waals surface area contributed by atoms with Gasteiger partial charge in [0.25, 0.3) is 0 Å². The minimum atomic E-state index is 0.634. The van der Waals surface area contributed by atoms with E-state index in [0.717, 1.165) is 0 Å². The standard InChI is InChI=1S/C15H15O/c1-16-12-15(11-13-7-5-6-8-13)14-9-3-2-4-10-14/h2-11H,12H2,1H3/q-1. The SMILES string of the molecule is COC[C-](C=C1C=CC=C1)c1ccccc1. The lowest BCUT2D eigenvalue weighted by atomic mass is 9.97. The fourth-order valence-corrected chi connectivity index (χ4v) is 1.70. The van der Waals surface area contributed by atoms with Gasteiger partial charge in [0.1, 0.15) is 0 Å². The molecule has 2 rings (SSSR count). The van der Waals surface area contributed by atoms with Crippen LogP contribution in [0.5, 0.6) is 0 Å². The fraction of sp³-hybridized carbons (Fsp3) is 0.133. The molecule has 1 aromatic rings. The van der Waals surface area contributed by atoms with Crippen LogP contribution in [0.15, 0.2) is 66.3 Å².